The molecule has 0 aliphatic carbocycles. The van der Waals surface area contributed by atoms with E-state index in [1.807, 2.05) is 24.3 Å². The summed E-state index contributed by atoms with van der Waals surface area (Å²) >= 11 is 6.05. The fourth-order valence-electron chi connectivity index (χ4n) is 1.50. The van der Waals surface area contributed by atoms with Gasteiger partial charge >= 0.3 is 0 Å². The molecule has 88 valence electrons. The number of benzene rings is 1. The zero-order valence-electron chi connectivity index (χ0n) is 9.57. The highest BCUT2D eigenvalue weighted by molar-refractivity contribution is 6.32. The van der Waals surface area contributed by atoms with Crippen LogP contribution < -0.4 is 10.2 Å². The van der Waals surface area contributed by atoms with E-state index in [9.17, 15) is 0 Å². The van der Waals surface area contributed by atoms with E-state index in [0.717, 1.165) is 22.2 Å². The molecule has 2 aromatic rings. The normalized spacial score (nSPS) is 11.0. The molecule has 0 saturated carbocycles. The molecule has 1 N–H and O–H groups in total. The minimum Gasteiger partial charge on any atom is -0.497 e. The van der Waals surface area contributed by atoms with Crippen LogP contribution in [-0.4, -0.2) is 25.4 Å². The maximum atomic E-state index is 6.05. The largest absolute Gasteiger partial charge is 0.497 e. The number of fused-ring (bicyclic) bond motifs is 1. The van der Waals surface area contributed by atoms with E-state index in [1.54, 1.807) is 20.4 Å². The van der Waals surface area contributed by atoms with Gasteiger partial charge in [-0.05, 0) is 24.3 Å². The highest BCUT2D eigenvalue weighted by Gasteiger charge is 2.04. The van der Waals surface area contributed by atoms with Gasteiger partial charge in [0.25, 0.3) is 0 Å². The number of ether oxygens (including phenoxy) is 1. The van der Waals surface area contributed by atoms with Crippen LogP contribution in [0.15, 0.2) is 29.4 Å². The molecule has 0 fully saturated rings. The van der Waals surface area contributed by atoms with Crippen LogP contribution in [0.5, 0.6) is 5.75 Å². The predicted octanol–water partition coefficient (Wildman–Crippen LogP) is 2.45. The predicted molar refractivity (Wildman–Crippen MR) is 70.0 cm³/mol. The summed E-state index contributed by atoms with van der Waals surface area (Å²) in [5.74, 6) is 0.790. The van der Waals surface area contributed by atoms with Gasteiger partial charge in [-0.15, -0.1) is 0 Å². The lowest BCUT2D eigenvalue weighted by Crippen LogP contribution is -1.96. The maximum absolute atomic E-state index is 6.05. The van der Waals surface area contributed by atoms with Crippen LogP contribution in [0.4, 0.5) is 0 Å². The summed E-state index contributed by atoms with van der Waals surface area (Å²) in [6, 6.07) is 7.56. The first kappa shape index (κ1) is 11.7. The van der Waals surface area contributed by atoms with E-state index < -0.39 is 0 Å². The Balaban J connectivity index is 2.56. The molecule has 2 rings (SSSR count). The Morgan fingerprint density at radius 3 is 2.94 bits per heavy atom. The minimum atomic E-state index is 0.432. The molecular formula is C12H12ClN3O. The van der Waals surface area contributed by atoms with Gasteiger partial charge < -0.3 is 10.2 Å². The minimum absolute atomic E-state index is 0.432. The number of halogens is 1. The number of methoxy groups -OCH3 is 1. The summed E-state index contributed by atoms with van der Waals surface area (Å²) in [5, 5.41) is 5.32. The van der Waals surface area contributed by atoms with Crippen molar-refractivity contribution in [2.24, 2.45) is 5.10 Å². The van der Waals surface area contributed by atoms with E-state index in [0.29, 0.717) is 5.15 Å². The number of hydrogen-bond donors (Lipinski definition) is 1. The maximum Gasteiger partial charge on any atom is 0.138 e. The summed E-state index contributed by atoms with van der Waals surface area (Å²) in [6.45, 7) is 0. The Bertz CT molecular complexity index is 569. The van der Waals surface area contributed by atoms with Gasteiger partial charge in [-0.2, -0.15) is 5.10 Å². The van der Waals surface area contributed by atoms with Gasteiger partial charge in [0.2, 0.25) is 0 Å². The quantitative estimate of drug-likeness (QED) is 0.516. The van der Waals surface area contributed by atoms with E-state index in [1.165, 1.54) is 0 Å². The van der Waals surface area contributed by atoms with Crippen molar-refractivity contribution in [3.05, 3.63) is 35.0 Å². The van der Waals surface area contributed by atoms with Gasteiger partial charge in [0.1, 0.15) is 10.9 Å². The van der Waals surface area contributed by atoms with Crippen molar-refractivity contribution in [1.82, 2.24) is 10.4 Å². The fraction of sp³-hybridized carbons (Fsp3) is 0.167. The summed E-state index contributed by atoms with van der Waals surface area (Å²) < 4.78 is 5.17. The molecule has 0 atom stereocenters. The molecule has 0 aliphatic heterocycles. The molecule has 0 spiro atoms. The van der Waals surface area contributed by atoms with Crippen molar-refractivity contribution in [3.63, 3.8) is 0 Å². The Kier molecular flexibility index (Phi) is 3.44. The lowest BCUT2D eigenvalue weighted by molar-refractivity contribution is 0.415. The van der Waals surface area contributed by atoms with Gasteiger partial charge in [-0.3, -0.25) is 0 Å². The molecule has 0 aliphatic rings. The smallest absolute Gasteiger partial charge is 0.138 e. The van der Waals surface area contributed by atoms with Crippen LogP contribution in [0.2, 0.25) is 5.15 Å². The van der Waals surface area contributed by atoms with Gasteiger partial charge in [-0.25, -0.2) is 4.98 Å². The van der Waals surface area contributed by atoms with Crippen molar-refractivity contribution in [2.75, 3.05) is 14.2 Å². The molecule has 1 aromatic heterocycles. The molecule has 1 heterocycles. The van der Waals surface area contributed by atoms with Crippen LogP contribution in [0.25, 0.3) is 10.9 Å². The fourth-order valence-corrected chi connectivity index (χ4v) is 1.69. The van der Waals surface area contributed by atoms with E-state index >= 15 is 0 Å². The van der Waals surface area contributed by atoms with Crippen LogP contribution in [0.3, 0.4) is 0 Å². The van der Waals surface area contributed by atoms with Gasteiger partial charge in [0, 0.05) is 18.0 Å². The topological polar surface area (TPSA) is 46.5 Å². The van der Waals surface area contributed by atoms with Crippen LogP contribution in [0.1, 0.15) is 5.56 Å². The third kappa shape index (κ3) is 2.47. The summed E-state index contributed by atoms with van der Waals surface area (Å²) in [4.78, 5) is 4.29. The second-order valence-corrected chi connectivity index (χ2v) is 3.77. The highest BCUT2D eigenvalue weighted by atomic mass is 35.5. The van der Waals surface area contributed by atoms with E-state index in [4.69, 9.17) is 16.3 Å². The van der Waals surface area contributed by atoms with E-state index in [2.05, 4.69) is 15.5 Å². The van der Waals surface area contributed by atoms with Crippen molar-refractivity contribution in [3.8, 4) is 5.75 Å². The number of nitrogens with zero attached hydrogens (tertiary/aromatic N) is 2. The van der Waals surface area contributed by atoms with E-state index in [-0.39, 0.29) is 0 Å². The SMILES string of the molecule is CN/N=C/c1cc2cc(OC)ccc2nc1Cl. The van der Waals surface area contributed by atoms with Crippen molar-refractivity contribution < 1.29 is 4.74 Å². The Morgan fingerprint density at radius 1 is 1.41 bits per heavy atom. The molecule has 0 saturated heterocycles. The monoisotopic (exact) mass is 249 g/mol. The molecule has 1 aromatic carbocycles. The number of rotatable bonds is 3. The first-order chi connectivity index (χ1) is 8.24. The van der Waals surface area contributed by atoms with Crippen molar-refractivity contribution >= 4 is 28.7 Å². The molecule has 0 bridgehead atoms. The lowest BCUT2D eigenvalue weighted by atomic mass is 10.1. The van der Waals surface area contributed by atoms with Gasteiger partial charge in [-0.1, -0.05) is 11.6 Å². The molecule has 5 heteroatoms. The van der Waals surface area contributed by atoms with Gasteiger partial charge in [0.15, 0.2) is 0 Å². The average Bonchev–Trinajstić information content (AvgIpc) is 2.35. The molecule has 4 nitrogen and oxygen atoms in total. The second kappa shape index (κ2) is 5.01. The van der Waals surface area contributed by atoms with Gasteiger partial charge in [0.05, 0.1) is 18.8 Å². The summed E-state index contributed by atoms with van der Waals surface area (Å²) in [5.41, 5.74) is 4.27. The molecule has 0 unspecified atom stereocenters. The molecular weight excluding hydrogens is 238 g/mol. The number of hydrazone groups is 1. The number of aromatic nitrogens is 1. The molecule has 17 heavy (non-hydrogen) atoms. The summed E-state index contributed by atoms with van der Waals surface area (Å²) in [7, 11) is 3.36. The zero-order valence-corrected chi connectivity index (χ0v) is 10.3. The number of pyridine rings is 1. The Morgan fingerprint density at radius 2 is 2.24 bits per heavy atom. The highest BCUT2D eigenvalue weighted by Crippen LogP contribution is 2.23. The average molecular weight is 250 g/mol. The lowest BCUT2D eigenvalue weighted by Gasteiger charge is -2.04. The first-order valence-electron chi connectivity index (χ1n) is 5.08. The van der Waals surface area contributed by atoms with Crippen molar-refractivity contribution in [1.29, 1.82) is 0 Å². The van der Waals surface area contributed by atoms with Crippen LogP contribution in [0, 0.1) is 0 Å². The molecule has 0 radical (unpaired) electrons. The van der Waals surface area contributed by atoms with Crippen molar-refractivity contribution in [2.45, 2.75) is 0 Å². The first-order valence-corrected chi connectivity index (χ1v) is 5.46. The Hall–Kier alpha value is -1.81. The van der Waals surface area contributed by atoms with Crippen LogP contribution >= 0.6 is 11.6 Å². The Labute approximate surface area is 104 Å². The zero-order chi connectivity index (χ0) is 12.3. The third-order valence-electron chi connectivity index (χ3n) is 2.34. The number of hydrogen-bond acceptors (Lipinski definition) is 4. The standard InChI is InChI=1S/C12H12ClN3O/c1-14-15-7-9-5-8-6-10(17-2)3-4-11(8)16-12(9)13/h3-7,14H,1-2H3/b15-7+. The van der Waals surface area contributed by atoms with Crippen LogP contribution in [-0.2, 0) is 0 Å². The third-order valence-corrected chi connectivity index (χ3v) is 2.64. The molecule has 0 amide bonds. The number of nitrogens with one attached hydrogen (secondary N) is 1. The second-order valence-electron chi connectivity index (χ2n) is 3.41. The summed E-state index contributed by atoms with van der Waals surface area (Å²) in [6.07, 6.45) is 1.63.